The lowest BCUT2D eigenvalue weighted by Crippen LogP contribution is -2.39. The second-order valence-electron chi connectivity index (χ2n) is 5.21. The molecule has 0 spiro atoms. The summed E-state index contributed by atoms with van der Waals surface area (Å²) in [4.78, 5) is 0. The van der Waals surface area contributed by atoms with Gasteiger partial charge in [0.05, 0.1) is 12.7 Å². The lowest BCUT2D eigenvalue weighted by molar-refractivity contribution is 0.0515. The highest BCUT2D eigenvalue weighted by molar-refractivity contribution is 9.10. The fraction of sp³-hybridized carbons (Fsp3) is 0.600. The summed E-state index contributed by atoms with van der Waals surface area (Å²) < 4.78 is 12.6. The number of benzene rings is 1. The van der Waals surface area contributed by atoms with Gasteiger partial charge in [-0.1, -0.05) is 22.0 Å². The summed E-state index contributed by atoms with van der Waals surface area (Å²) >= 11 is 3.46. The predicted molar refractivity (Wildman–Crippen MR) is 80.6 cm³/mol. The number of ether oxygens (including phenoxy) is 2. The summed E-state index contributed by atoms with van der Waals surface area (Å²) in [6.07, 6.45) is 2.42. The van der Waals surface area contributed by atoms with Gasteiger partial charge in [-0.05, 0) is 45.0 Å². The predicted octanol–water partition coefficient (Wildman–Crippen LogP) is 3.23. The SMILES string of the molecule is CNCC1(CCOc2cccc(Br)c2)CCOC1C. The molecule has 0 radical (unpaired) electrons. The van der Waals surface area contributed by atoms with Crippen LogP contribution in [0.5, 0.6) is 5.75 Å². The Bertz CT molecular complexity index is 413. The van der Waals surface area contributed by atoms with Crippen molar-refractivity contribution >= 4 is 15.9 Å². The van der Waals surface area contributed by atoms with Crippen molar-refractivity contribution in [1.82, 2.24) is 5.32 Å². The highest BCUT2D eigenvalue weighted by Gasteiger charge is 2.40. The molecule has 1 aromatic carbocycles. The van der Waals surface area contributed by atoms with Crippen LogP contribution in [0, 0.1) is 5.41 Å². The Kier molecular flexibility index (Phi) is 5.25. The highest BCUT2D eigenvalue weighted by atomic mass is 79.9. The molecule has 106 valence electrons. The number of hydrogen-bond acceptors (Lipinski definition) is 3. The highest BCUT2D eigenvalue weighted by Crippen LogP contribution is 2.37. The maximum Gasteiger partial charge on any atom is 0.120 e. The van der Waals surface area contributed by atoms with E-state index in [0.29, 0.717) is 6.10 Å². The maximum atomic E-state index is 5.86. The molecular weight excluding hydrogens is 306 g/mol. The molecule has 1 N–H and O–H groups in total. The molecule has 1 heterocycles. The van der Waals surface area contributed by atoms with Crippen LogP contribution in [0.25, 0.3) is 0 Å². The van der Waals surface area contributed by atoms with Gasteiger partial charge in [0.25, 0.3) is 0 Å². The van der Waals surface area contributed by atoms with Gasteiger partial charge < -0.3 is 14.8 Å². The quantitative estimate of drug-likeness (QED) is 0.870. The van der Waals surface area contributed by atoms with Crippen molar-refractivity contribution in [2.75, 3.05) is 26.8 Å². The van der Waals surface area contributed by atoms with Crippen molar-refractivity contribution in [3.05, 3.63) is 28.7 Å². The molecule has 1 saturated heterocycles. The lowest BCUT2D eigenvalue weighted by Gasteiger charge is -2.32. The zero-order valence-corrected chi connectivity index (χ0v) is 13.2. The number of rotatable bonds is 6. The van der Waals surface area contributed by atoms with Crippen LogP contribution in [0.4, 0.5) is 0 Å². The summed E-state index contributed by atoms with van der Waals surface area (Å²) in [5, 5.41) is 3.30. The molecule has 0 aliphatic carbocycles. The molecule has 19 heavy (non-hydrogen) atoms. The van der Waals surface area contributed by atoms with Gasteiger partial charge in [-0.25, -0.2) is 0 Å². The fourth-order valence-electron chi connectivity index (χ4n) is 2.75. The third-order valence-electron chi connectivity index (χ3n) is 4.02. The first kappa shape index (κ1) is 14.8. The molecular formula is C15H22BrNO2. The van der Waals surface area contributed by atoms with Gasteiger partial charge in [0, 0.05) is 23.0 Å². The third-order valence-corrected chi connectivity index (χ3v) is 4.52. The Balaban J connectivity index is 1.89. The average Bonchev–Trinajstić information content (AvgIpc) is 2.72. The summed E-state index contributed by atoms with van der Waals surface area (Å²) in [5.41, 5.74) is 0.209. The van der Waals surface area contributed by atoms with Crippen molar-refractivity contribution in [1.29, 1.82) is 0 Å². The summed E-state index contributed by atoms with van der Waals surface area (Å²) in [6, 6.07) is 7.98. The van der Waals surface area contributed by atoms with Gasteiger partial charge in [-0.2, -0.15) is 0 Å². The minimum absolute atomic E-state index is 0.209. The van der Waals surface area contributed by atoms with E-state index in [1.54, 1.807) is 0 Å². The zero-order valence-electron chi connectivity index (χ0n) is 11.6. The molecule has 0 saturated carbocycles. The molecule has 4 heteroatoms. The van der Waals surface area contributed by atoms with Crippen LogP contribution in [0.3, 0.4) is 0 Å². The first-order valence-electron chi connectivity index (χ1n) is 6.81. The normalized spacial score (nSPS) is 26.6. The average molecular weight is 328 g/mol. The molecule has 3 nitrogen and oxygen atoms in total. The molecule has 1 aliphatic heterocycles. The molecule has 0 aromatic heterocycles. The van der Waals surface area contributed by atoms with E-state index < -0.39 is 0 Å². The van der Waals surface area contributed by atoms with Crippen LogP contribution < -0.4 is 10.1 Å². The molecule has 2 rings (SSSR count). The maximum absolute atomic E-state index is 5.86. The van der Waals surface area contributed by atoms with Crippen LogP contribution in [-0.4, -0.2) is 32.9 Å². The van der Waals surface area contributed by atoms with Crippen molar-refractivity contribution in [2.24, 2.45) is 5.41 Å². The number of nitrogens with one attached hydrogen (secondary N) is 1. The Hall–Kier alpha value is -0.580. The lowest BCUT2D eigenvalue weighted by atomic mass is 9.78. The van der Waals surface area contributed by atoms with E-state index in [2.05, 4.69) is 28.2 Å². The van der Waals surface area contributed by atoms with Crippen LogP contribution in [0.15, 0.2) is 28.7 Å². The minimum Gasteiger partial charge on any atom is -0.494 e. The second kappa shape index (κ2) is 6.73. The zero-order chi connectivity index (χ0) is 13.7. The summed E-state index contributed by atoms with van der Waals surface area (Å²) in [5.74, 6) is 0.917. The standard InChI is InChI=1S/C15H22BrNO2/c1-12-15(11-17-2,6-8-18-12)7-9-19-14-5-3-4-13(16)10-14/h3-5,10,12,17H,6-9,11H2,1-2H3. The molecule has 0 bridgehead atoms. The van der Waals surface area contributed by atoms with Crippen LogP contribution >= 0.6 is 15.9 Å². The van der Waals surface area contributed by atoms with Gasteiger partial charge in [-0.15, -0.1) is 0 Å². The van der Waals surface area contributed by atoms with Gasteiger partial charge in [0.15, 0.2) is 0 Å². The van der Waals surface area contributed by atoms with Crippen molar-refractivity contribution in [2.45, 2.75) is 25.9 Å². The van der Waals surface area contributed by atoms with Gasteiger partial charge in [0.1, 0.15) is 5.75 Å². The smallest absolute Gasteiger partial charge is 0.120 e. The Morgan fingerprint density at radius 3 is 3.00 bits per heavy atom. The van der Waals surface area contributed by atoms with Crippen molar-refractivity contribution in [3.63, 3.8) is 0 Å². The van der Waals surface area contributed by atoms with Gasteiger partial charge >= 0.3 is 0 Å². The van der Waals surface area contributed by atoms with Crippen molar-refractivity contribution in [3.8, 4) is 5.75 Å². The first-order chi connectivity index (χ1) is 9.16. The van der Waals surface area contributed by atoms with E-state index in [1.807, 2.05) is 31.3 Å². The summed E-state index contributed by atoms with van der Waals surface area (Å²) in [6.45, 7) is 4.74. The van der Waals surface area contributed by atoms with Gasteiger partial charge in [-0.3, -0.25) is 0 Å². The molecule has 2 unspecified atom stereocenters. The van der Waals surface area contributed by atoms with E-state index in [4.69, 9.17) is 9.47 Å². The fourth-order valence-corrected chi connectivity index (χ4v) is 3.13. The number of hydrogen-bond donors (Lipinski definition) is 1. The Labute approximate surface area is 123 Å². The molecule has 1 fully saturated rings. The molecule has 1 aromatic rings. The van der Waals surface area contributed by atoms with Crippen LogP contribution in [0.1, 0.15) is 19.8 Å². The van der Waals surface area contributed by atoms with Crippen LogP contribution in [0.2, 0.25) is 0 Å². The summed E-state index contributed by atoms with van der Waals surface area (Å²) in [7, 11) is 2.00. The van der Waals surface area contributed by atoms with E-state index in [9.17, 15) is 0 Å². The second-order valence-corrected chi connectivity index (χ2v) is 6.13. The van der Waals surface area contributed by atoms with E-state index >= 15 is 0 Å². The van der Waals surface area contributed by atoms with Crippen molar-refractivity contribution < 1.29 is 9.47 Å². The Morgan fingerprint density at radius 1 is 1.53 bits per heavy atom. The first-order valence-corrected chi connectivity index (χ1v) is 7.60. The molecule has 1 aliphatic rings. The van der Waals surface area contributed by atoms with E-state index in [0.717, 1.165) is 42.8 Å². The topological polar surface area (TPSA) is 30.5 Å². The Morgan fingerprint density at radius 2 is 2.37 bits per heavy atom. The van der Waals surface area contributed by atoms with Crippen LogP contribution in [-0.2, 0) is 4.74 Å². The monoisotopic (exact) mass is 327 g/mol. The largest absolute Gasteiger partial charge is 0.494 e. The third kappa shape index (κ3) is 3.71. The minimum atomic E-state index is 0.209. The van der Waals surface area contributed by atoms with Gasteiger partial charge in [0.2, 0.25) is 0 Å². The molecule has 2 atom stereocenters. The molecule has 0 amide bonds. The number of halogens is 1. The van der Waals surface area contributed by atoms with E-state index in [-0.39, 0.29) is 5.41 Å². The van der Waals surface area contributed by atoms with E-state index in [1.165, 1.54) is 0 Å².